The predicted molar refractivity (Wildman–Crippen MR) is 72.4 cm³/mol. The van der Waals surface area contributed by atoms with Crippen molar-refractivity contribution in [2.24, 2.45) is 0 Å². The molecule has 0 atom stereocenters. The lowest BCUT2D eigenvalue weighted by Crippen LogP contribution is -1.86. The van der Waals surface area contributed by atoms with Gasteiger partial charge in [0.2, 0.25) is 0 Å². The highest BCUT2D eigenvalue weighted by molar-refractivity contribution is 6.35. The average Bonchev–Trinajstić information content (AvgIpc) is 2.34. The Balaban J connectivity index is 2.19. The fourth-order valence-corrected chi connectivity index (χ4v) is 1.93. The van der Waals surface area contributed by atoms with E-state index in [9.17, 15) is 0 Å². The summed E-state index contributed by atoms with van der Waals surface area (Å²) >= 11 is 11.8. The summed E-state index contributed by atoms with van der Waals surface area (Å²) in [5.41, 5.74) is 1.28. The highest BCUT2D eigenvalue weighted by atomic mass is 35.5. The van der Waals surface area contributed by atoms with Crippen LogP contribution in [0.5, 0.6) is 11.5 Å². The van der Waals surface area contributed by atoms with Crippen molar-refractivity contribution in [2.45, 2.75) is 13.3 Å². The molecule has 0 N–H and O–H groups in total. The van der Waals surface area contributed by atoms with Crippen molar-refractivity contribution < 1.29 is 4.74 Å². The number of halogens is 2. The molecule has 2 aromatic carbocycles. The molecule has 2 aromatic rings. The molecule has 0 saturated heterocycles. The number of hydrogen-bond donors (Lipinski definition) is 0. The van der Waals surface area contributed by atoms with Gasteiger partial charge in [0.1, 0.15) is 11.5 Å². The Bertz CT molecular complexity index is 506. The minimum atomic E-state index is 0.511. The Kier molecular flexibility index (Phi) is 3.93. The zero-order chi connectivity index (χ0) is 12.3. The van der Waals surface area contributed by atoms with Crippen molar-refractivity contribution in [2.75, 3.05) is 0 Å². The van der Waals surface area contributed by atoms with Crippen molar-refractivity contribution in [3.8, 4) is 11.5 Å². The molecule has 0 bridgehead atoms. The molecule has 0 aliphatic rings. The van der Waals surface area contributed by atoms with Crippen LogP contribution in [-0.2, 0) is 6.42 Å². The summed E-state index contributed by atoms with van der Waals surface area (Å²) < 4.78 is 5.67. The second-order valence-electron chi connectivity index (χ2n) is 3.67. The van der Waals surface area contributed by atoms with Crippen LogP contribution in [0.25, 0.3) is 0 Å². The van der Waals surface area contributed by atoms with E-state index in [1.165, 1.54) is 5.56 Å². The van der Waals surface area contributed by atoms with Gasteiger partial charge in [-0.25, -0.2) is 0 Å². The van der Waals surface area contributed by atoms with Crippen molar-refractivity contribution in [3.63, 3.8) is 0 Å². The van der Waals surface area contributed by atoms with Crippen LogP contribution in [0.3, 0.4) is 0 Å². The van der Waals surface area contributed by atoms with E-state index in [1.54, 1.807) is 18.2 Å². The van der Waals surface area contributed by atoms with E-state index in [0.717, 1.165) is 12.2 Å². The van der Waals surface area contributed by atoms with Gasteiger partial charge in [-0.05, 0) is 42.3 Å². The number of ether oxygens (including phenoxy) is 1. The summed E-state index contributed by atoms with van der Waals surface area (Å²) in [6.07, 6.45) is 1.02. The van der Waals surface area contributed by atoms with E-state index < -0.39 is 0 Å². The largest absolute Gasteiger partial charge is 0.456 e. The molecule has 3 heteroatoms. The van der Waals surface area contributed by atoms with Gasteiger partial charge < -0.3 is 4.74 Å². The highest BCUT2D eigenvalue weighted by Gasteiger charge is 2.03. The molecule has 0 radical (unpaired) electrons. The number of rotatable bonds is 3. The maximum atomic E-state index is 6.03. The van der Waals surface area contributed by atoms with Crippen LogP contribution in [0.15, 0.2) is 42.5 Å². The Morgan fingerprint density at radius 2 is 1.71 bits per heavy atom. The van der Waals surface area contributed by atoms with E-state index in [2.05, 4.69) is 6.92 Å². The Morgan fingerprint density at radius 1 is 1.00 bits per heavy atom. The molecule has 0 aliphatic carbocycles. The van der Waals surface area contributed by atoms with Gasteiger partial charge >= 0.3 is 0 Å². The first-order valence-electron chi connectivity index (χ1n) is 5.41. The number of benzene rings is 2. The molecular weight excluding hydrogens is 255 g/mol. The maximum absolute atomic E-state index is 6.03. The Morgan fingerprint density at radius 3 is 2.29 bits per heavy atom. The fraction of sp³-hybridized carbons (Fsp3) is 0.143. The molecule has 0 heterocycles. The second kappa shape index (κ2) is 5.44. The third-order valence-electron chi connectivity index (χ3n) is 2.45. The molecule has 0 spiro atoms. The predicted octanol–water partition coefficient (Wildman–Crippen LogP) is 5.35. The topological polar surface area (TPSA) is 9.23 Å². The van der Waals surface area contributed by atoms with E-state index >= 15 is 0 Å². The third-order valence-corrected chi connectivity index (χ3v) is 2.98. The molecular formula is C14H12Cl2O. The lowest BCUT2D eigenvalue weighted by molar-refractivity contribution is 0.483. The second-order valence-corrected chi connectivity index (χ2v) is 4.52. The van der Waals surface area contributed by atoms with Crippen molar-refractivity contribution in [3.05, 3.63) is 58.1 Å². The van der Waals surface area contributed by atoms with Crippen LogP contribution in [0, 0.1) is 0 Å². The van der Waals surface area contributed by atoms with Crippen molar-refractivity contribution in [1.82, 2.24) is 0 Å². The van der Waals surface area contributed by atoms with Gasteiger partial charge in [-0.1, -0.05) is 42.3 Å². The minimum Gasteiger partial charge on any atom is -0.456 e. The van der Waals surface area contributed by atoms with Gasteiger partial charge in [-0.2, -0.15) is 0 Å². The van der Waals surface area contributed by atoms with E-state index in [0.29, 0.717) is 15.8 Å². The van der Waals surface area contributed by atoms with Gasteiger partial charge in [-0.15, -0.1) is 0 Å². The molecule has 0 fully saturated rings. The van der Waals surface area contributed by atoms with E-state index in [4.69, 9.17) is 27.9 Å². The van der Waals surface area contributed by atoms with Crippen molar-refractivity contribution >= 4 is 23.2 Å². The summed E-state index contributed by atoms with van der Waals surface area (Å²) in [5.74, 6) is 1.38. The molecule has 2 rings (SSSR count). The van der Waals surface area contributed by atoms with Gasteiger partial charge in [0, 0.05) is 5.02 Å². The minimum absolute atomic E-state index is 0.511. The van der Waals surface area contributed by atoms with Crippen LogP contribution >= 0.6 is 23.2 Å². The van der Waals surface area contributed by atoms with Crippen LogP contribution in [0.1, 0.15) is 12.5 Å². The summed E-state index contributed by atoms with van der Waals surface area (Å²) in [7, 11) is 0. The highest BCUT2D eigenvalue weighted by Crippen LogP contribution is 2.31. The van der Waals surface area contributed by atoms with Crippen LogP contribution in [-0.4, -0.2) is 0 Å². The van der Waals surface area contributed by atoms with Crippen LogP contribution < -0.4 is 4.74 Å². The quantitative estimate of drug-likeness (QED) is 0.728. The lowest BCUT2D eigenvalue weighted by atomic mass is 10.2. The van der Waals surface area contributed by atoms with Gasteiger partial charge in [0.25, 0.3) is 0 Å². The van der Waals surface area contributed by atoms with Crippen LogP contribution in [0.4, 0.5) is 0 Å². The molecule has 0 aromatic heterocycles. The Labute approximate surface area is 111 Å². The molecule has 88 valence electrons. The average molecular weight is 267 g/mol. The number of hydrogen-bond acceptors (Lipinski definition) is 1. The van der Waals surface area contributed by atoms with E-state index in [-0.39, 0.29) is 0 Å². The molecule has 0 unspecified atom stereocenters. The van der Waals surface area contributed by atoms with E-state index in [1.807, 2.05) is 24.3 Å². The normalized spacial score (nSPS) is 10.3. The van der Waals surface area contributed by atoms with Gasteiger partial charge in [0.15, 0.2) is 0 Å². The summed E-state index contributed by atoms with van der Waals surface area (Å²) in [6, 6.07) is 13.1. The SMILES string of the molecule is CCc1ccc(Oc2ccc(Cl)cc2Cl)cc1. The summed E-state index contributed by atoms with van der Waals surface area (Å²) in [6.45, 7) is 2.12. The standard InChI is InChI=1S/C14H12Cl2O/c1-2-10-3-6-12(7-4-10)17-14-8-5-11(15)9-13(14)16/h3-9H,2H2,1H3. The third kappa shape index (κ3) is 3.15. The van der Waals surface area contributed by atoms with Gasteiger partial charge in [0.05, 0.1) is 5.02 Å². The molecule has 0 amide bonds. The summed E-state index contributed by atoms with van der Waals surface area (Å²) in [5, 5.41) is 1.11. The summed E-state index contributed by atoms with van der Waals surface area (Å²) in [4.78, 5) is 0. The molecule has 1 nitrogen and oxygen atoms in total. The maximum Gasteiger partial charge on any atom is 0.146 e. The Hall–Kier alpha value is -1.18. The zero-order valence-corrected chi connectivity index (χ0v) is 10.9. The first-order chi connectivity index (χ1) is 8.19. The molecule has 0 saturated carbocycles. The molecule has 0 aliphatic heterocycles. The number of aryl methyl sites for hydroxylation is 1. The zero-order valence-electron chi connectivity index (χ0n) is 9.41. The first kappa shape index (κ1) is 12.3. The van der Waals surface area contributed by atoms with Crippen LogP contribution in [0.2, 0.25) is 10.0 Å². The molecule has 17 heavy (non-hydrogen) atoms. The first-order valence-corrected chi connectivity index (χ1v) is 6.16. The van der Waals surface area contributed by atoms with Gasteiger partial charge in [-0.3, -0.25) is 0 Å². The monoisotopic (exact) mass is 266 g/mol. The lowest BCUT2D eigenvalue weighted by Gasteiger charge is -2.08. The fourth-order valence-electron chi connectivity index (χ4n) is 1.48. The van der Waals surface area contributed by atoms with Crippen molar-refractivity contribution in [1.29, 1.82) is 0 Å². The smallest absolute Gasteiger partial charge is 0.146 e.